The summed E-state index contributed by atoms with van der Waals surface area (Å²) in [4.78, 5) is 9.42. The molecular formula is C18H14FN3O2S. The monoisotopic (exact) mass is 355 g/mol. The maximum atomic E-state index is 13.2. The molecule has 1 aromatic carbocycles. The van der Waals surface area contributed by atoms with Gasteiger partial charge in [0.1, 0.15) is 29.3 Å². The van der Waals surface area contributed by atoms with Crippen molar-refractivity contribution in [3.8, 4) is 17.0 Å². The van der Waals surface area contributed by atoms with Crippen molar-refractivity contribution >= 4 is 21.6 Å². The van der Waals surface area contributed by atoms with Crippen molar-refractivity contribution in [2.45, 2.75) is 20.5 Å². The predicted octanol–water partition coefficient (Wildman–Crippen LogP) is 4.68. The molecule has 0 aliphatic rings. The van der Waals surface area contributed by atoms with Gasteiger partial charge in [-0.1, -0.05) is 17.3 Å². The van der Waals surface area contributed by atoms with E-state index in [1.54, 1.807) is 12.1 Å². The summed E-state index contributed by atoms with van der Waals surface area (Å²) in [7, 11) is 0. The van der Waals surface area contributed by atoms with Gasteiger partial charge in [-0.25, -0.2) is 14.4 Å². The van der Waals surface area contributed by atoms with Crippen LogP contribution in [0.2, 0.25) is 0 Å². The molecule has 0 radical (unpaired) electrons. The molecule has 3 heterocycles. The lowest BCUT2D eigenvalue weighted by Crippen LogP contribution is -2.00. The second kappa shape index (κ2) is 6.25. The van der Waals surface area contributed by atoms with Gasteiger partial charge >= 0.3 is 0 Å². The van der Waals surface area contributed by atoms with E-state index < -0.39 is 0 Å². The quantitative estimate of drug-likeness (QED) is 0.532. The van der Waals surface area contributed by atoms with Crippen LogP contribution in [0.3, 0.4) is 0 Å². The average molecular weight is 355 g/mol. The Balaban J connectivity index is 1.74. The van der Waals surface area contributed by atoms with Crippen LogP contribution in [0.15, 0.2) is 40.5 Å². The van der Waals surface area contributed by atoms with Crippen LogP contribution in [0.4, 0.5) is 4.39 Å². The number of nitrogens with zero attached hydrogens (tertiary/aromatic N) is 3. The summed E-state index contributed by atoms with van der Waals surface area (Å²) in [5.41, 5.74) is 3.52. The number of thiophene rings is 1. The molecule has 4 rings (SSSR count). The van der Waals surface area contributed by atoms with Crippen molar-refractivity contribution in [3.05, 3.63) is 58.8 Å². The molecule has 5 nitrogen and oxygen atoms in total. The summed E-state index contributed by atoms with van der Waals surface area (Å²) in [5.74, 6) is 0.951. The van der Waals surface area contributed by atoms with E-state index in [4.69, 9.17) is 9.26 Å². The van der Waals surface area contributed by atoms with Crippen LogP contribution in [0, 0.1) is 19.7 Å². The van der Waals surface area contributed by atoms with E-state index in [1.807, 2.05) is 19.2 Å². The highest BCUT2D eigenvalue weighted by molar-refractivity contribution is 7.17. The second-order valence-corrected chi connectivity index (χ2v) is 6.46. The number of aryl methyl sites for hydroxylation is 2. The Hall–Kier alpha value is -2.80. The number of hydrogen-bond acceptors (Lipinski definition) is 6. The third-order valence-electron chi connectivity index (χ3n) is 4.03. The summed E-state index contributed by atoms with van der Waals surface area (Å²) in [6.45, 7) is 4.04. The molecule has 0 fully saturated rings. The maximum Gasteiger partial charge on any atom is 0.226 e. The van der Waals surface area contributed by atoms with Crippen LogP contribution >= 0.6 is 11.3 Å². The number of benzene rings is 1. The van der Waals surface area contributed by atoms with Gasteiger partial charge < -0.3 is 9.26 Å². The van der Waals surface area contributed by atoms with E-state index in [0.717, 1.165) is 38.4 Å². The number of fused-ring (bicyclic) bond motifs is 1. The second-order valence-electron chi connectivity index (χ2n) is 5.61. The number of aromatic nitrogens is 3. The van der Waals surface area contributed by atoms with Gasteiger partial charge in [-0.2, -0.15) is 0 Å². The number of halogens is 1. The molecule has 25 heavy (non-hydrogen) atoms. The van der Waals surface area contributed by atoms with E-state index in [1.165, 1.54) is 29.8 Å². The van der Waals surface area contributed by atoms with Crippen LogP contribution in [-0.4, -0.2) is 15.1 Å². The van der Waals surface area contributed by atoms with Gasteiger partial charge in [-0.3, -0.25) is 0 Å². The minimum Gasteiger partial charge on any atom is -0.472 e. The Labute approximate surface area is 147 Å². The molecule has 0 atom stereocenters. The van der Waals surface area contributed by atoms with Gasteiger partial charge in [0, 0.05) is 10.9 Å². The first-order valence-electron chi connectivity index (χ1n) is 7.66. The van der Waals surface area contributed by atoms with Crippen LogP contribution in [-0.2, 0) is 6.61 Å². The summed E-state index contributed by atoms with van der Waals surface area (Å²) < 4.78 is 24.3. The van der Waals surface area contributed by atoms with Gasteiger partial charge in [0.25, 0.3) is 0 Å². The van der Waals surface area contributed by atoms with Crippen LogP contribution in [0.1, 0.15) is 17.0 Å². The normalized spacial score (nSPS) is 11.2. The molecule has 126 valence electrons. The van der Waals surface area contributed by atoms with Crippen molar-refractivity contribution in [1.82, 2.24) is 15.1 Å². The average Bonchev–Trinajstić information content (AvgIpc) is 3.18. The topological polar surface area (TPSA) is 61.0 Å². The molecule has 7 heteroatoms. The Morgan fingerprint density at radius 2 is 1.96 bits per heavy atom. The molecule has 0 aliphatic heterocycles. The van der Waals surface area contributed by atoms with Gasteiger partial charge in [0.15, 0.2) is 0 Å². The molecule has 0 spiro atoms. The van der Waals surface area contributed by atoms with Crippen molar-refractivity contribution in [2.75, 3.05) is 0 Å². The Bertz CT molecular complexity index is 1020. The molecule has 0 saturated carbocycles. The molecule has 3 aromatic heterocycles. The molecule has 0 aliphatic carbocycles. The fourth-order valence-electron chi connectivity index (χ4n) is 2.65. The maximum absolute atomic E-state index is 13.2. The molecular weight excluding hydrogens is 341 g/mol. The fourth-order valence-corrected chi connectivity index (χ4v) is 3.55. The highest BCUT2D eigenvalue weighted by atomic mass is 32.1. The van der Waals surface area contributed by atoms with Gasteiger partial charge in [-0.15, -0.1) is 11.3 Å². The minimum absolute atomic E-state index is 0.269. The molecule has 0 amide bonds. The Morgan fingerprint density at radius 3 is 2.68 bits per heavy atom. The highest BCUT2D eigenvalue weighted by Gasteiger charge is 2.16. The lowest BCUT2D eigenvalue weighted by atomic mass is 10.1. The molecule has 0 N–H and O–H groups in total. The lowest BCUT2D eigenvalue weighted by Gasteiger charge is -2.07. The minimum atomic E-state index is -0.269. The molecule has 0 unspecified atom stereocenters. The summed E-state index contributed by atoms with van der Waals surface area (Å²) in [5, 5.41) is 6.74. The Morgan fingerprint density at radius 1 is 1.16 bits per heavy atom. The van der Waals surface area contributed by atoms with E-state index in [-0.39, 0.29) is 5.82 Å². The van der Waals surface area contributed by atoms with Crippen molar-refractivity contribution in [2.24, 2.45) is 0 Å². The van der Waals surface area contributed by atoms with E-state index >= 15 is 0 Å². The third kappa shape index (κ3) is 2.87. The first-order chi connectivity index (χ1) is 12.1. The molecule has 0 bridgehead atoms. The van der Waals surface area contributed by atoms with Crippen LogP contribution in [0.25, 0.3) is 21.3 Å². The van der Waals surface area contributed by atoms with Crippen molar-refractivity contribution < 1.29 is 13.7 Å². The molecule has 4 aromatic rings. The SMILES string of the molecule is Cc1noc(C)c1COc1ncnc2scc(-c3ccc(F)cc3)c12. The fraction of sp³-hybridized carbons (Fsp3) is 0.167. The van der Waals surface area contributed by atoms with E-state index in [9.17, 15) is 4.39 Å². The lowest BCUT2D eigenvalue weighted by molar-refractivity contribution is 0.293. The van der Waals surface area contributed by atoms with Gasteiger partial charge in [-0.05, 0) is 31.5 Å². The first-order valence-corrected chi connectivity index (χ1v) is 8.54. The zero-order valence-electron chi connectivity index (χ0n) is 13.6. The predicted molar refractivity (Wildman–Crippen MR) is 93.1 cm³/mol. The highest BCUT2D eigenvalue weighted by Crippen LogP contribution is 2.37. The zero-order chi connectivity index (χ0) is 17.4. The smallest absolute Gasteiger partial charge is 0.226 e. The van der Waals surface area contributed by atoms with Crippen LogP contribution in [0.5, 0.6) is 5.88 Å². The zero-order valence-corrected chi connectivity index (χ0v) is 14.4. The third-order valence-corrected chi connectivity index (χ3v) is 4.91. The van der Waals surface area contributed by atoms with Crippen molar-refractivity contribution in [1.29, 1.82) is 0 Å². The van der Waals surface area contributed by atoms with E-state index in [0.29, 0.717) is 12.5 Å². The standard InChI is InChI=1S/C18H14FN3O2S/c1-10-14(11(2)24-22-10)7-23-17-16-15(8-25-18(16)21-9-20-17)12-3-5-13(19)6-4-12/h3-6,8-9H,7H2,1-2H3. The summed E-state index contributed by atoms with van der Waals surface area (Å²) in [6.07, 6.45) is 1.48. The largest absolute Gasteiger partial charge is 0.472 e. The van der Waals surface area contributed by atoms with Crippen molar-refractivity contribution in [3.63, 3.8) is 0 Å². The number of hydrogen-bond donors (Lipinski definition) is 0. The number of rotatable bonds is 4. The Kier molecular flexibility index (Phi) is 3.93. The van der Waals surface area contributed by atoms with Gasteiger partial charge in [0.2, 0.25) is 5.88 Å². The van der Waals surface area contributed by atoms with Gasteiger partial charge in [0.05, 0.1) is 16.6 Å². The first kappa shape index (κ1) is 15.7. The summed E-state index contributed by atoms with van der Waals surface area (Å²) in [6, 6.07) is 6.35. The molecule has 0 saturated heterocycles. The number of ether oxygens (including phenoxy) is 1. The summed E-state index contributed by atoms with van der Waals surface area (Å²) >= 11 is 1.50. The van der Waals surface area contributed by atoms with Crippen LogP contribution < -0.4 is 4.74 Å². The van der Waals surface area contributed by atoms with E-state index in [2.05, 4.69) is 15.1 Å².